The Morgan fingerprint density at radius 1 is 1.60 bits per heavy atom. The maximum absolute atomic E-state index is 11.3. The number of hydrogen-bond acceptors (Lipinski definition) is 3. The average Bonchev–Trinajstić information content (AvgIpc) is 2.14. The molecule has 0 spiro atoms. The van der Waals surface area contributed by atoms with Crippen LogP contribution < -0.4 is 11.1 Å². The molecule has 4 heteroatoms. The first-order valence-corrected chi connectivity index (χ1v) is 5.78. The van der Waals surface area contributed by atoms with E-state index in [9.17, 15) is 9.90 Å². The number of aliphatic hydroxyl groups excluding tert-OH is 1. The molecule has 0 radical (unpaired) electrons. The molecule has 0 saturated heterocycles. The summed E-state index contributed by atoms with van der Waals surface area (Å²) in [6, 6.07) is -0.0815. The minimum absolute atomic E-state index is 0.0186. The highest BCUT2D eigenvalue weighted by molar-refractivity contribution is 5.76. The number of amides is 1. The lowest BCUT2D eigenvalue weighted by molar-refractivity contribution is -0.121. The zero-order chi connectivity index (χ0) is 11.3. The fraction of sp³-hybridized carbons (Fsp3) is 0.909. The van der Waals surface area contributed by atoms with Crippen LogP contribution in [0.2, 0.25) is 0 Å². The fourth-order valence-corrected chi connectivity index (χ4v) is 2.07. The van der Waals surface area contributed by atoms with Crippen molar-refractivity contribution in [1.29, 1.82) is 0 Å². The number of nitrogens with one attached hydrogen (secondary N) is 1. The maximum atomic E-state index is 11.3. The molecule has 0 aliphatic heterocycles. The number of aliphatic hydroxyl groups is 1. The molecule has 0 bridgehead atoms. The molecule has 0 aromatic heterocycles. The van der Waals surface area contributed by atoms with E-state index in [4.69, 9.17) is 5.73 Å². The number of nitrogens with two attached hydrogens (primary N) is 1. The predicted octanol–water partition coefficient (Wildman–Crippen LogP) is 0.391. The van der Waals surface area contributed by atoms with Crippen molar-refractivity contribution < 1.29 is 9.90 Å². The van der Waals surface area contributed by atoms with Crippen molar-refractivity contribution in [3.05, 3.63) is 0 Å². The van der Waals surface area contributed by atoms with Gasteiger partial charge in [-0.15, -0.1) is 0 Å². The summed E-state index contributed by atoms with van der Waals surface area (Å²) in [6.45, 7) is 2.51. The zero-order valence-corrected chi connectivity index (χ0v) is 9.41. The van der Waals surface area contributed by atoms with Gasteiger partial charge in [0.2, 0.25) is 5.91 Å². The van der Waals surface area contributed by atoms with Gasteiger partial charge in [0.15, 0.2) is 0 Å². The van der Waals surface area contributed by atoms with Crippen molar-refractivity contribution in [3.8, 4) is 0 Å². The fourth-order valence-electron chi connectivity index (χ4n) is 2.07. The molecule has 1 aliphatic rings. The van der Waals surface area contributed by atoms with Gasteiger partial charge in [0, 0.05) is 19.0 Å². The van der Waals surface area contributed by atoms with E-state index in [0.29, 0.717) is 18.9 Å². The average molecular weight is 214 g/mol. The second-order valence-electron chi connectivity index (χ2n) is 4.67. The van der Waals surface area contributed by atoms with Crippen molar-refractivity contribution in [2.75, 3.05) is 6.54 Å². The van der Waals surface area contributed by atoms with Gasteiger partial charge in [0.1, 0.15) is 0 Å². The third-order valence-corrected chi connectivity index (χ3v) is 2.85. The van der Waals surface area contributed by atoms with Gasteiger partial charge in [0.25, 0.3) is 0 Å². The van der Waals surface area contributed by atoms with Crippen LogP contribution in [0.5, 0.6) is 0 Å². The van der Waals surface area contributed by atoms with Crippen molar-refractivity contribution in [2.45, 2.75) is 51.2 Å². The Morgan fingerprint density at radius 3 is 2.93 bits per heavy atom. The number of hydrogen-bond donors (Lipinski definition) is 3. The number of carbonyl (C=O) groups is 1. The molecule has 0 aromatic carbocycles. The predicted molar refractivity (Wildman–Crippen MR) is 59.2 cm³/mol. The third-order valence-electron chi connectivity index (χ3n) is 2.85. The first-order valence-electron chi connectivity index (χ1n) is 5.78. The zero-order valence-electron chi connectivity index (χ0n) is 9.41. The molecule has 3 atom stereocenters. The number of rotatable bonds is 4. The van der Waals surface area contributed by atoms with E-state index in [-0.39, 0.29) is 18.1 Å². The van der Waals surface area contributed by atoms with Crippen LogP contribution in [0.1, 0.15) is 39.0 Å². The van der Waals surface area contributed by atoms with E-state index >= 15 is 0 Å². The lowest BCUT2D eigenvalue weighted by atomic mass is 9.87. The maximum Gasteiger partial charge on any atom is 0.221 e. The molecule has 4 N–H and O–H groups in total. The van der Waals surface area contributed by atoms with Gasteiger partial charge in [-0.05, 0) is 32.1 Å². The summed E-state index contributed by atoms with van der Waals surface area (Å²) in [4.78, 5) is 11.3. The van der Waals surface area contributed by atoms with E-state index in [1.807, 2.05) is 6.92 Å². The van der Waals surface area contributed by atoms with Gasteiger partial charge in [0.05, 0.1) is 6.10 Å². The highest BCUT2D eigenvalue weighted by atomic mass is 16.3. The highest BCUT2D eigenvalue weighted by Crippen LogP contribution is 2.23. The van der Waals surface area contributed by atoms with E-state index in [0.717, 1.165) is 25.7 Å². The topological polar surface area (TPSA) is 75.4 Å². The molecule has 1 saturated carbocycles. The van der Waals surface area contributed by atoms with Gasteiger partial charge < -0.3 is 16.2 Å². The first-order chi connectivity index (χ1) is 7.08. The summed E-state index contributed by atoms with van der Waals surface area (Å²) in [5, 5.41) is 12.3. The monoisotopic (exact) mass is 214 g/mol. The molecule has 1 fully saturated rings. The molecular formula is C11H22N2O2. The quantitative estimate of drug-likeness (QED) is 0.633. The molecule has 1 rings (SSSR count). The largest absolute Gasteiger partial charge is 0.393 e. The Bertz CT molecular complexity index is 207. The third kappa shape index (κ3) is 5.14. The molecule has 0 aromatic rings. The van der Waals surface area contributed by atoms with E-state index in [2.05, 4.69) is 5.32 Å². The highest BCUT2D eigenvalue weighted by Gasteiger charge is 2.20. The lowest BCUT2D eigenvalue weighted by Crippen LogP contribution is -2.35. The summed E-state index contributed by atoms with van der Waals surface area (Å²) in [7, 11) is 0. The van der Waals surface area contributed by atoms with Crippen molar-refractivity contribution in [2.24, 2.45) is 11.7 Å². The Kier molecular flexibility index (Phi) is 5.05. The van der Waals surface area contributed by atoms with Crippen LogP contribution in [0.4, 0.5) is 0 Å². The van der Waals surface area contributed by atoms with Crippen LogP contribution in [-0.4, -0.2) is 29.7 Å². The Morgan fingerprint density at radius 2 is 2.33 bits per heavy atom. The van der Waals surface area contributed by atoms with Crippen LogP contribution >= 0.6 is 0 Å². The van der Waals surface area contributed by atoms with Crippen molar-refractivity contribution in [3.63, 3.8) is 0 Å². The SMILES string of the molecule is CC(N)CC(=O)NCC1CCCC(O)C1. The molecule has 1 amide bonds. The van der Waals surface area contributed by atoms with Gasteiger partial charge in [-0.2, -0.15) is 0 Å². The first kappa shape index (κ1) is 12.5. The Balaban J connectivity index is 2.16. The second kappa shape index (κ2) is 6.08. The molecular weight excluding hydrogens is 192 g/mol. The van der Waals surface area contributed by atoms with Crippen molar-refractivity contribution in [1.82, 2.24) is 5.32 Å². The van der Waals surface area contributed by atoms with Crippen LogP contribution in [0.25, 0.3) is 0 Å². The molecule has 0 heterocycles. The van der Waals surface area contributed by atoms with Crippen LogP contribution in [0.15, 0.2) is 0 Å². The van der Waals surface area contributed by atoms with Gasteiger partial charge >= 0.3 is 0 Å². The van der Waals surface area contributed by atoms with Gasteiger partial charge in [-0.1, -0.05) is 6.42 Å². The van der Waals surface area contributed by atoms with E-state index < -0.39 is 0 Å². The second-order valence-corrected chi connectivity index (χ2v) is 4.67. The molecule has 3 unspecified atom stereocenters. The molecule has 15 heavy (non-hydrogen) atoms. The van der Waals surface area contributed by atoms with E-state index in [1.165, 1.54) is 0 Å². The summed E-state index contributed by atoms with van der Waals surface area (Å²) < 4.78 is 0. The Hall–Kier alpha value is -0.610. The van der Waals surface area contributed by atoms with Gasteiger partial charge in [-0.25, -0.2) is 0 Å². The van der Waals surface area contributed by atoms with Crippen molar-refractivity contribution >= 4 is 5.91 Å². The summed E-state index contributed by atoms with van der Waals surface area (Å²) >= 11 is 0. The minimum atomic E-state index is -0.172. The molecule has 88 valence electrons. The molecule has 1 aliphatic carbocycles. The minimum Gasteiger partial charge on any atom is -0.393 e. The standard InChI is InChI=1S/C11H22N2O2/c1-8(12)5-11(15)13-7-9-3-2-4-10(14)6-9/h8-10,14H,2-7,12H2,1H3,(H,13,15). The van der Waals surface area contributed by atoms with Crippen LogP contribution in [-0.2, 0) is 4.79 Å². The normalized spacial score (nSPS) is 28.5. The number of carbonyl (C=O) groups excluding carboxylic acids is 1. The van der Waals surface area contributed by atoms with Gasteiger partial charge in [-0.3, -0.25) is 4.79 Å². The van der Waals surface area contributed by atoms with Crippen LogP contribution in [0.3, 0.4) is 0 Å². The van der Waals surface area contributed by atoms with E-state index in [1.54, 1.807) is 0 Å². The smallest absolute Gasteiger partial charge is 0.221 e. The summed E-state index contributed by atoms with van der Waals surface area (Å²) in [6.07, 6.45) is 4.11. The van der Waals surface area contributed by atoms with Crippen LogP contribution in [0, 0.1) is 5.92 Å². The molecule has 4 nitrogen and oxygen atoms in total. The summed E-state index contributed by atoms with van der Waals surface area (Å²) in [5.41, 5.74) is 5.52. The Labute approximate surface area is 91.2 Å². The lowest BCUT2D eigenvalue weighted by Gasteiger charge is -2.26. The summed E-state index contributed by atoms with van der Waals surface area (Å²) in [5.74, 6) is 0.454.